The summed E-state index contributed by atoms with van der Waals surface area (Å²) in [5.74, 6) is 0. The van der Waals surface area contributed by atoms with E-state index in [1.165, 1.54) is 0 Å². The van der Waals surface area contributed by atoms with Crippen LogP contribution in [-0.2, 0) is 30.0 Å². The molecule has 0 unspecified atom stereocenters. The SMILES string of the molecule is CCO[SiH](OCC)O[Si](C)(C)O[Si](C)(C)O[SiH](OCC)OCC. The summed E-state index contributed by atoms with van der Waals surface area (Å²) >= 11 is 0. The Kier molecular flexibility index (Phi) is 12.3. The van der Waals surface area contributed by atoms with Crippen molar-refractivity contribution in [2.45, 2.75) is 53.9 Å². The third-order valence-electron chi connectivity index (χ3n) is 2.46. The Morgan fingerprint density at radius 1 is 0.565 bits per heavy atom. The zero-order valence-corrected chi connectivity index (χ0v) is 20.2. The minimum absolute atomic E-state index is 0.572. The van der Waals surface area contributed by atoms with Crippen molar-refractivity contribution in [3.8, 4) is 0 Å². The predicted molar refractivity (Wildman–Crippen MR) is 99.0 cm³/mol. The Balaban J connectivity index is 4.68. The van der Waals surface area contributed by atoms with Crippen LogP contribution in [0.3, 0.4) is 0 Å². The molecule has 0 rings (SSSR count). The Morgan fingerprint density at radius 2 is 0.826 bits per heavy atom. The highest BCUT2D eigenvalue weighted by atomic mass is 28.5. The van der Waals surface area contributed by atoms with Gasteiger partial charge in [-0.25, -0.2) is 0 Å². The van der Waals surface area contributed by atoms with Crippen LogP contribution >= 0.6 is 0 Å². The maximum Gasteiger partial charge on any atom is 0.475 e. The summed E-state index contributed by atoms with van der Waals surface area (Å²) in [4.78, 5) is 0. The molecule has 0 aliphatic heterocycles. The Bertz CT molecular complexity index is 267. The zero-order chi connectivity index (χ0) is 17.9. The van der Waals surface area contributed by atoms with Gasteiger partial charge in [0.05, 0.1) is 0 Å². The maximum absolute atomic E-state index is 6.25. The molecule has 0 spiro atoms. The maximum atomic E-state index is 6.25. The van der Waals surface area contributed by atoms with Gasteiger partial charge < -0.3 is 30.0 Å². The van der Waals surface area contributed by atoms with Crippen LogP contribution in [0.15, 0.2) is 0 Å². The summed E-state index contributed by atoms with van der Waals surface area (Å²) in [6.45, 7) is 18.0. The topological polar surface area (TPSA) is 64.6 Å². The van der Waals surface area contributed by atoms with Gasteiger partial charge in [0.25, 0.3) is 0 Å². The van der Waals surface area contributed by atoms with Gasteiger partial charge in [-0.1, -0.05) is 0 Å². The summed E-state index contributed by atoms with van der Waals surface area (Å²) in [6.07, 6.45) is 0. The molecular weight excluding hydrogens is 368 g/mol. The fourth-order valence-corrected chi connectivity index (χ4v) is 13.9. The van der Waals surface area contributed by atoms with Gasteiger partial charge in [-0.3, -0.25) is 0 Å². The number of hydrogen-bond donors (Lipinski definition) is 0. The third-order valence-corrected chi connectivity index (χ3v) is 14.9. The second kappa shape index (κ2) is 12.0. The first-order valence-electron chi connectivity index (χ1n) is 8.21. The lowest BCUT2D eigenvalue weighted by Gasteiger charge is -2.35. The van der Waals surface area contributed by atoms with E-state index >= 15 is 0 Å². The van der Waals surface area contributed by atoms with Crippen LogP contribution in [0.2, 0.25) is 26.2 Å². The minimum Gasteiger partial charge on any atom is -0.416 e. The van der Waals surface area contributed by atoms with E-state index < -0.39 is 36.2 Å². The van der Waals surface area contributed by atoms with Crippen molar-refractivity contribution in [3.63, 3.8) is 0 Å². The van der Waals surface area contributed by atoms with Crippen molar-refractivity contribution in [3.05, 3.63) is 0 Å². The van der Waals surface area contributed by atoms with Crippen molar-refractivity contribution in [1.82, 2.24) is 0 Å². The van der Waals surface area contributed by atoms with E-state index in [9.17, 15) is 0 Å². The van der Waals surface area contributed by atoms with E-state index in [0.29, 0.717) is 26.4 Å². The lowest BCUT2D eigenvalue weighted by Crippen LogP contribution is -2.54. The van der Waals surface area contributed by atoms with Crippen LogP contribution in [0.5, 0.6) is 0 Å². The third kappa shape index (κ3) is 11.7. The standard InChI is InChI=1S/C12H34O7Si4/c1-9-13-20(14-10-2)17-22(5,6)19-23(7,8)18-21(15-11-3)16-12-4/h20-21H,9-12H2,1-8H3. The van der Waals surface area contributed by atoms with E-state index in [0.717, 1.165) is 0 Å². The van der Waals surface area contributed by atoms with Crippen molar-refractivity contribution in [2.24, 2.45) is 0 Å². The highest BCUT2D eigenvalue weighted by Gasteiger charge is 2.41. The van der Waals surface area contributed by atoms with E-state index in [1.54, 1.807) is 0 Å². The predicted octanol–water partition coefficient (Wildman–Crippen LogP) is 2.02. The van der Waals surface area contributed by atoms with Crippen LogP contribution in [-0.4, -0.2) is 62.6 Å². The Morgan fingerprint density at radius 3 is 1.04 bits per heavy atom. The molecule has 0 fully saturated rings. The molecule has 140 valence electrons. The summed E-state index contributed by atoms with van der Waals surface area (Å²) in [6, 6.07) is 0. The second-order valence-corrected chi connectivity index (χ2v) is 16.3. The first kappa shape index (κ1) is 23.6. The highest BCUT2D eigenvalue weighted by molar-refractivity contribution is 6.83. The molecule has 0 aliphatic rings. The average Bonchev–Trinajstić information content (AvgIpc) is 2.37. The molecule has 0 heterocycles. The van der Waals surface area contributed by atoms with Gasteiger partial charge in [-0.05, 0) is 53.9 Å². The quantitative estimate of drug-likeness (QED) is 0.412. The van der Waals surface area contributed by atoms with Crippen molar-refractivity contribution in [2.75, 3.05) is 26.4 Å². The molecule has 11 heteroatoms. The lowest BCUT2D eigenvalue weighted by atomic mass is 10.9. The molecule has 0 atom stereocenters. The van der Waals surface area contributed by atoms with E-state index in [4.69, 9.17) is 30.0 Å². The first-order valence-corrected chi connectivity index (χ1v) is 16.7. The van der Waals surface area contributed by atoms with Gasteiger partial charge in [0.1, 0.15) is 0 Å². The van der Waals surface area contributed by atoms with Gasteiger partial charge in [0, 0.05) is 26.4 Å². The molecular formula is C12H34O7Si4. The molecule has 0 radical (unpaired) electrons. The summed E-state index contributed by atoms with van der Waals surface area (Å²) in [5.41, 5.74) is 0. The van der Waals surface area contributed by atoms with Gasteiger partial charge in [0.15, 0.2) is 0 Å². The molecule has 0 aromatic carbocycles. The molecule has 7 nitrogen and oxygen atoms in total. The summed E-state index contributed by atoms with van der Waals surface area (Å²) in [5, 5.41) is 0. The molecule has 23 heavy (non-hydrogen) atoms. The molecule has 0 N–H and O–H groups in total. The molecule has 0 saturated heterocycles. The Hall–Kier alpha value is 0.588. The largest absolute Gasteiger partial charge is 0.475 e. The average molecular weight is 403 g/mol. The van der Waals surface area contributed by atoms with Gasteiger partial charge >= 0.3 is 36.2 Å². The number of hydrogen-bond acceptors (Lipinski definition) is 7. The highest BCUT2D eigenvalue weighted by Crippen LogP contribution is 2.19. The van der Waals surface area contributed by atoms with Crippen LogP contribution < -0.4 is 0 Å². The van der Waals surface area contributed by atoms with Crippen molar-refractivity contribution < 1.29 is 30.0 Å². The van der Waals surface area contributed by atoms with Gasteiger partial charge in [-0.15, -0.1) is 0 Å². The van der Waals surface area contributed by atoms with Crippen molar-refractivity contribution >= 4 is 36.2 Å². The molecule has 0 amide bonds. The fourth-order valence-electron chi connectivity index (χ4n) is 1.88. The second-order valence-electron chi connectivity index (χ2n) is 5.54. The van der Waals surface area contributed by atoms with E-state index in [-0.39, 0.29) is 0 Å². The first-order chi connectivity index (χ1) is 10.7. The van der Waals surface area contributed by atoms with Crippen LogP contribution in [0, 0.1) is 0 Å². The number of rotatable bonds is 14. The smallest absolute Gasteiger partial charge is 0.416 e. The molecule has 0 saturated carbocycles. The van der Waals surface area contributed by atoms with Crippen LogP contribution in [0.1, 0.15) is 27.7 Å². The van der Waals surface area contributed by atoms with Crippen molar-refractivity contribution in [1.29, 1.82) is 0 Å². The monoisotopic (exact) mass is 402 g/mol. The Labute approximate surface area is 146 Å². The minimum atomic E-state index is -2.43. The van der Waals surface area contributed by atoms with Gasteiger partial charge in [0.2, 0.25) is 0 Å². The van der Waals surface area contributed by atoms with E-state index in [1.807, 2.05) is 53.9 Å². The molecule has 0 aromatic rings. The van der Waals surface area contributed by atoms with Crippen LogP contribution in [0.4, 0.5) is 0 Å². The zero-order valence-electron chi connectivity index (χ0n) is 15.8. The summed E-state index contributed by atoms with van der Waals surface area (Å²) in [7, 11) is -9.18. The van der Waals surface area contributed by atoms with Crippen LogP contribution in [0.25, 0.3) is 0 Å². The normalized spacial score (nSPS) is 13.3. The fraction of sp³-hybridized carbons (Fsp3) is 1.00. The molecule has 0 aliphatic carbocycles. The lowest BCUT2D eigenvalue weighted by molar-refractivity contribution is 0.129. The summed E-state index contributed by atoms with van der Waals surface area (Å²) < 4.78 is 40.7. The molecule has 0 bridgehead atoms. The van der Waals surface area contributed by atoms with E-state index in [2.05, 4.69) is 0 Å². The molecule has 0 aromatic heterocycles. The van der Waals surface area contributed by atoms with Gasteiger partial charge in [-0.2, -0.15) is 0 Å².